The summed E-state index contributed by atoms with van der Waals surface area (Å²) in [7, 11) is 1.77. The van der Waals surface area contributed by atoms with Crippen LogP contribution in [0.4, 0.5) is 4.39 Å². The summed E-state index contributed by atoms with van der Waals surface area (Å²) in [5.41, 5.74) is 2.04. The fraction of sp³-hybridized carbons (Fsp3) is 0.333. The van der Waals surface area contributed by atoms with Crippen molar-refractivity contribution in [2.45, 2.75) is 19.4 Å². The van der Waals surface area contributed by atoms with Crippen LogP contribution in [0.3, 0.4) is 0 Å². The molecule has 2 aromatic carbocycles. The highest BCUT2D eigenvalue weighted by Gasteiger charge is 2.48. The maximum atomic E-state index is 12.9. The van der Waals surface area contributed by atoms with Crippen molar-refractivity contribution in [3.8, 4) is 0 Å². The second-order valence-electron chi connectivity index (χ2n) is 6.80. The molecule has 0 heterocycles. The molecule has 4 nitrogen and oxygen atoms in total. The highest BCUT2D eigenvalue weighted by atomic mass is 19.1. The predicted molar refractivity (Wildman–Crippen MR) is 97.6 cm³/mol. The summed E-state index contributed by atoms with van der Waals surface area (Å²) in [5.74, 6) is -0.758. The summed E-state index contributed by atoms with van der Waals surface area (Å²) in [6.45, 7) is 1.04. The molecule has 1 N–H and O–H groups in total. The molecule has 1 aliphatic rings. The van der Waals surface area contributed by atoms with Crippen molar-refractivity contribution in [3.63, 3.8) is 0 Å². The molecule has 1 fully saturated rings. The molecule has 0 bridgehead atoms. The lowest BCUT2D eigenvalue weighted by Gasteiger charge is -2.17. The summed E-state index contributed by atoms with van der Waals surface area (Å²) >= 11 is 0. The zero-order chi connectivity index (χ0) is 18.5. The maximum Gasteiger partial charge on any atom is 0.226 e. The molecule has 0 spiro atoms. The summed E-state index contributed by atoms with van der Waals surface area (Å²) in [6.07, 6.45) is 1.26. The van der Waals surface area contributed by atoms with Gasteiger partial charge in [0.05, 0.1) is 11.8 Å². The van der Waals surface area contributed by atoms with Crippen LogP contribution in [0, 0.1) is 17.7 Å². The standard InChI is InChI=1S/C21H23FN2O2/c1-24(14-16-5-3-2-4-6-16)21(26)19-13-18(19)20(25)23-12-11-15-7-9-17(22)10-8-15/h2-10,18-19H,11-14H2,1H3,(H,23,25). The van der Waals surface area contributed by atoms with E-state index in [0.29, 0.717) is 25.9 Å². The van der Waals surface area contributed by atoms with E-state index in [9.17, 15) is 14.0 Å². The van der Waals surface area contributed by atoms with E-state index in [1.807, 2.05) is 30.3 Å². The van der Waals surface area contributed by atoms with Crippen LogP contribution in [0.2, 0.25) is 0 Å². The number of amides is 2. The van der Waals surface area contributed by atoms with E-state index in [0.717, 1.165) is 11.1 Å². The summed E-state index contributed by atoms with van der Waals surface area (Å²) in [6, 6.07) is 16.0. The Hall–Kier alpha value is -2.69. The molecule has 2 unspecified atom stereocenters. The molecule has 0 saturated heterocycles. The van der Waals surface area contributed by atoms with Gasteiger partial charge in [0.2, 0.25) is 11.8 Å². The minimum Gasteiger partial charge on any atom is -0.356 e. The zero-order valence-corrected chi connectivity index (χ0v) is 14.8. The molecular weight excluding hydrogens is 331 g/mol. The Morgan fingerprint density at radius 3 is 2.42 bits per heavy atom. The Balaban J connectivity index is 1.41. The van der Waals surface area contributed by atoms with Crippen molar-refractivity contribution in [3.05, 3.63) is 71.5 Å². The van der Waals surface area contributed by atoms with Crippen molar-refractivity contribution in [2.75, 3.05) is 13.6 Å². The van der Waals surface area contributed by atoms with Gasteiger partial charge in [-0.2, -0.15) is 0 Å². The van der Waals surface area contributed by atoms with Crippen LogP contribution >= 0.6 is 0 Å². The third-order valence-corrected chi connectivity index (χ3v) is 4.71. The SMILES string of the molecule is CN(Cc1ccccc1)C(=O)C1CC1C(=O)NCCc1ccc(F)cc1. The van der Waals surface area contributed by atoms with Crippen LogP contribution in [-0.4, -0.2) is 30.3 Å². The number of carbonyl (C=O) groups is 2. The van der Waals surface area contributed by atoms with Crippen molar-refractivity contribution in [1.29, 1.82) is 0 Å². The lowest BCUT2D eigenvalue weighted by atomic mass is 10.1. The third kappa shape index (κ3) is 4.69. The fourth-order valence-corrected chi connectivity index (χ4v) is 3.09. The van der Waals surface area contributed by atoms with Crippen molar-refractivity contribution in [2.24, 2.45) is 11.8 Å². The van der Waals surface area contributed by atoms with E-state index in [1.165, 1.54) is 12.1 Å². The lowest BCUT2D eigenvalue weighted by Crippen LogP contribution is -2.32. The minimum atomic E-state index is -0.267. The van der Waals surface area contributed by atoms with E-state index < -0.39 is 0 Å². The van der Waals surface area contributed by atoms with Gasteiger partial charge in [0.15, 0.2) is 0 Å². The number of nitrogens with one attached hydrogen (secondary N) is 1. The van der Waals surface area contributed by atoms with Gasteiger partial charge in [0, 0.05) is 20.1 Å². The Kier molecular flexibility index (Phi) is 5.66. The van der Waals surface area contributed by atoms with Gasteiger partial charge in [-0.1, -0.05) is 42.5 Å². The van der Waals surface area contributed by atoms with Gasteiger partial charge in [-0.15, -0.1) is 0 Å². The van der Waals surface area contributed by atoms with Crippen molar-refractivity contribution in [1.82, 2.24) is 10.2 Å². The molecule has 2 atom stereocenters. The largest absolute Gasteiger partial charge is 0.356 e. The van der Waals surface area contributed by atoms with Crippen molar-refractivity contribution >= 4 is 11.8 Å². The lowest BCUT2D eigenvalue weighted by molar-refractivity contribution is -0.134. The molecule has 0 aromatic heterocycles. The number of benzene rings is 2. The molecule has 26 heavy (non-hydrogen) atoms. The van der Waals surface area contributed by atoms with Gasteiger partial charge < -0.3 is 10.2 Å². The Morgan fingerprint density at radius 1 is 1.04 bits per heavy atom. The van der Waals surface area contributed by atoms with Crippen LogP contribution in [-0.2, 0) is 22.6 Å². The van der Waals surface area contributed by atoms with Gasteiger partial charge in [0.25, 0.3) is 0 Å². The number of nitrogens with zero attached hydrogens (tertiary/aromatic N) is 1. The Morgan fingerprint density at radius 2 is 1.73 bits per heavy atom. The second-order valence-corrected chi connectivity index (χ2v) is 6.80. The first-order valence-electron chi connectivity index (χ1n) is 8.85. The van der Waals surface area contributed by atoms with Crippen LogP contribution in [0.1, 0.15) is 17.5 Å². The maximum absolute atomic E-state index is 12.9. The highest BCUT2D eigenvalue weighted by Crippen LogP contribution is 2.40. The predicted octanol–water partition coefficient (Wildman–Crippen LogP) is 2.78. The number of carbonyl (C=O) groups excluding carboxylic acids is 2. The van der Waals surface area contributed by atoms with Crippen LogP contribution < -0.4 is 5.32 Å². The molecule has 1 saturated carbocycles. The number of halogens is 1. The highest BCUT2D eigenvalue weighted by molar-refractivity contribution is 5.92. The van der Waals surface area contributed by atoms with E-state index in [2.05, 4.69) is 5.32 Å². The average Bonchev–Trinajstić information content (AvgIpc) is 3.44. The molecule has 2 amide bonds. The Bertz CT molecular complexity index is 761. The summed E-state index contributed by atoms with van der Waals surface area (Å²) in [4.78, 5) is 26.4. The van der Waals surface area contributed by atoms with Gasteiger partial charge in [-0.3, -0.25) is 9.59 Å². The number of rotatable bonds is 7. The normalized spacial score (nSPS) is 18.2. The van der Waals surface area contributed by atoms with Gasteiger partial charge >= 0.3 is 0 Å². The molecule has 5 heteroatoms. The number of hydrogen-bond donors (Lipinski definition) is 1. The first kappa shape index (κ1) is 18.1. The third-order valence-electron chi connectivity index (χ3n) is 4.71. The summed E-state index contributed by atoms with van der Waals surface area (Å²) < 4.78 is 12.9. The first-order valence-corrected chi connectivity index (χ1v) is 8.85. The monoisotopic (exact) mass is 354 g/mol. The quantitative estimate of drug-likeness (QED) is 0.831. The average molecular weight is 354 g/mol. The van der Waals surface area contributed by atoms with Gasteiger partial charge in [-0.05, 0) is 36.1 Å². The fourth-order valence-electron chi connectivity index (χ4n) is 3.09. The molecule has 2 aromatic rings. The smallest absolute Gasteiger partial charge is 0.226 e. The van der Waals surface area contributed by atoms with Crippen molar-refractivity contribution < 1.29 is 14.0 Å². The topological polar surface area (TPSA) is 49.4 Å². The molecular formula is C21H23FN2O2. The van der Waals surface area contributed by atoms with E-state index >= 15 is 0 Å². The van der Waals surface area contributed by atoms with Crippen LogP contribution in [0.25, 0.3) is 0 Å². The minimum absolute atomic E-state index is 0.0209. The van der Waals surface area contributed by atoms with Crippen LogP contribution in [0.15, 0.2) is 54.6 Å². The number of hydrogen-bond acceptors (Lipinski definition) is 2. The van der Waals surface area contributed by atoms with Crippen LogP contribution in [0.5, 0.6) is 0 Å². The van der Waals surface area contributed by atoms with Gasteiger partial charge in [-0.25, -0.2) is 4.39 Å². The van der Waals surface area contributed by atoms with E-state index in [1.54, 1.807) is 24.1 Å². The first-order chi connectivity index (χ1) is 12.5. The Labute approximate surface area is 153 Å². The van der Waals surface area contributed by atoms with Gasteiger partial charge in [0.1, 0.15) is 5.82 Å². The van der Waals surface area contributed by atoms with E-state index in [-0.39, 0.29) is 29.5 Å². The molecule has 3 rings (SSSR count). The molecule has 0 aliphatic heterocycles. The summed E-state index contributed by atoms with van der Waals surface area (Å²) in [5, 5.41) is 2.88. The zero-order valence-electron chi connectivity index (χ0n) is 14.8. The van der Waals surface area contributed by atoms with E-state index in [4.69, 9.17) is 0 Å². The molecule has 136 valence electrons. The molecule has 1 aliphatic carbocycles. The second kappa shape index (κ2) is 8.13. The molecule has 0 radical (unpaired) electrons.